The number of hydrogen-bond acceptors (Lipinski definition) is 5. The van der Waals surface area contributed by atoms with Crippen molar-refractivity contribution in [3.63, 3.8) is 0 Å². The highest BCUT2D eigenvalue weighted by Gasteiger charge is 2.26. The molecular formula is C16H15NO4. The van der Waals surface area contributed by atoms with Gasteiger partial charge in [-0.1, -0.05) is 12.1 Å². The van der Waals surface area contributed by atoms with Crippen molar-refractivity contribution >= 4 is 6.29 Å². The summed E-state index contributed by atoms with van der Waals surface area (Å²) in [6.07, 6.45) is 2.10. The van der Waals surface area contributed by atoms with Gasteiger partial charge in [0.1, 0.15) is 11.9 Å². The second-order valence-corrected chi connectivity index (χ2v) is 4.86. The number of carbonyl (C=O) groups excluding carboxylic acids is 1. The Hall–Kier alpha value is -2.56. The van der Waals surface area contributed by atoms with E-state index in [4.69, 9.17) is 9.47 Å². The number of aromatic nitrogens is 1. The van der Waals surface area contributed by atoms with Crippen molar-refractivity contribution in [2.24, 2.45) is 0 Å². The van der Waals surface area contributed by atoms with Gasteiger partial charge in [0, 0.05) is 11.6 Å². The summed E-state index contributed by atoms with van der Waals surface area (Å²) in [5.74, 6) is 0.954. The maximum absolute atomic E-state index is 10.9. The first-order chi connectivity index (χ1) is 10.2. The molecule has 1 atom stereocenters. The van der Waals surface area contributed by atoms with Crippen LogP contribution in [0.4, 0.5) is 0 Å². The molecule has 1 aromatic carbocycles. The number of carbonyl (C=O) groups is 1. The number of pyridine rings is 1. The Labute approximate surface area is 122 Å². The smallest absolute Gasteiger partial charge is 0.227 e. The van der Waals surface area contributed by atoms with Crippen LogP contribution in [0.25, 0.3) is 0 Å². The van der Waals surface area contributed by atoms with Gasteiger partial charge in [-0.2, -0.15) is 4.98 Å². The number of methoxy groups -OCH3 is 1. The number of aromatic hydroxyl groups is 1. The molecule has 3 rings (SSSR count). The minimum atomic E-state index is -0.147. The van der Waals surface area contributed by atoms with Gasteiger partial charge in [0.25, 0.3) is 0 Å². The minimum Gasteiger partial charge on any atom is -0.508 e. The van der Waals surface area contributed by atoms with Crippen molar-refractivity contribution in [1.82, 2.24) is 4.98 Å². The monoisotopic (exact) mass is 285 g/mol. The third kappa shape index (κ3) is 2.42. The number of fused-ring (bicyclic) bond motifs is 1. The summed E-state index contributed by atoms with van der Waals surface area (Å²) in [5, 5.41) is 9.84. The summed E-state index contributed by atoms with van der Waals surface area (Å²) in [5.41, 5.74) is 2.29. The van der Waals surface area contributed by atoms with Gasteiger partial charge in [0.15, 0.2) is 6.29 Å². The van der Waals surface area contributed by atoms with E-state index in [0.717, 1.165) is 24.0 Å². The number of hydrogen-bond donors (Lipinski definition) is 1. The van der Waals surface area contributed by atoms with Crippen LogP contribution in [0.5, 0.6) is 17.5 Å². The lowest BCUT2D eigenvalue weighted by Gasteiger charge is -2.15. The van der Waals surface area contributed by atoms with Crippen molar-refractivity contribution in [1.29, 1.82) is 0 Å². The normalized spacial score (nSPS) is 16.3. The van der Waals surface area contributed by atoms with Crippen LogP contribution >= 0.6 is 0 Å². The molecule has 1 heterocycles. The van der Waals surface area contributed by atoms with Crippen molar-refractivity contribution < 1.29 is 19.4 Å². The molecule has 5 nitrogen and oxygen atoms in total. The lowest BCUT2D eigenvalue weighted by molar-refractivity contribution is 0.111. The molecule has 2 aromatic rings. The molecule has 0 aliphatic heterocycles. The van der Waals surface area contributed by atoms with Gasteiger partial charge >= 0.3 is 0 Å². The van der Waals surface area contributed by atoms with E-state index >= 15 is 0 Å². The van der Waals surface area contributed by atoms with E-state index in [1.807, 2.05) is 6.07 Å². The van der Waals surface area contributed by atoms with Crippen molar-refractivity contribution in [3.05, 3.63) is 47.0 Å². The number of phenolic OH excluding ortho intramolecular Hbond substituents is 1. The summed E-state index contributed by atoms with van der Waals surface area (Å²) in [6, 6.07) is 8.70. The zero-order chi connectivity index (χ0) is 14.8. The molecule has 0 radical (unpaired) electrons. The van der Waals surface area contributed by atoms with Crippen LogP contribution in [0.1, 0.15) is 34.0 Å². The number of ether oxygens (including phenoxy) is 2. The molecule has 1 aromatic heterocycles. The van der Waals surface area contributed by atoms with Gasteiger partial charge in [-0.25, -0.2) is 0 Å². The number of rotatable bonds is 4. The highest BCUT2D eigenvalue weighted by Crippen LogP contribution is 2.38. The maximum Gasteiger partial charge on any atom is 0.227 e. The van der Waals surface area contributed by atoms with Crippen LogP contribution in [-0.4, -0.2) is 23.5 Å². The molecule has 108 valence electrons. The third-order valence-electron chi connectivity index (χ3n) is 3.64. The molecule has 1 aliphatic carbocycles. The van der Waals surface area contributed by atoms with Crippen molar-refractivity contribution in [3.8, 4) is 17.5 Å². The fourth-order valence-electron chi connectivity index (χ4n) is 2.62. The molecule has 0 bridgehead atoms. The fourth-order valence-corrected chi connectivity index (χ4v) is 2.62. The summed E-state index contributed by atoms with van der Waals surface area (Å²) in [7, 11) is 1.46. The van der Waals surface area contributed by atoms with E-state index in [2.05, 4.69) is 4.98 Å². The van der Waals surface area contributed by atoms with Crippen LogP contribution < -0.4 is 9.47 Å². The Morgan fingerprint density at radius 1 is 1.33 bits per heavy atom. The van der Waals surface area contributed by atoms with E-state index in [9.17, 15) is 9.90 Å². The van der Waals surface area contributed by atoms with Gasteiger partial charge in [-0.3, -0.25) is 4.79 Å². The SMILES string of the molecule is COc1nc(O[C@H]2CCc3c(O)cccc32)ccc1C=O. The summed E-state index contributed by atoms with van der Waals surface area (Å²) in [6.45, 7) is 0. The van der Waals surface area contributed by atoms with Crippen molar-refractivity contribution in [2.45, 2.75) is 18.9 Å². The van der Waals surface area contributed by atoms with E-state index < -0.39 is 0 Å². The Morgan fingerprint density at radius 3 is 2.95 bits per heavy atom. The van der Waals surface area contributed by atoms with Gasteiger partial charge in [0.05, 0.1) is 12.7 Å². The predicted molar refractivity (Wildman–Crippen MR) is 76.0 cm³/mol. The zero-order valence-corrected chi connectivity index (χ0v) is 11.6. The largest absolute Gasteiger partial charge is 0.508 e. The highest BCUT2D eigenvalue weighted by atomic mass is 16.5. The molecule has 1 N–H and O–H groups in total. The van der Waals surface area contributed by atoms with Crippen molar-refractivity contribution in [2.75, 3.05) is 7.11 Å². The highest BCUT2D eigenvalue weighted by molar-refractivity contribution is 5.78. The Kier molecular flexibility index (Phi) is 3.48. The molecule has 0 amide bonds. The minimum absolute atomic E-state index is 0.147. The van der Waals surface area contributed by atoms with Gasteiger partial charge in [0.2, 0.25) is 11.8 Å². The third-order valence-corrected chi connectivity index (χ3v) is 3.64. The van der Waals surface area contributed by atoms with E-state index in [1.54, 1.807) is 24.3 Å². The zero-order valence-electron chi connectivity index (χ0n) is 11.6. The first kappa shape index (κ1) is 13.4. The van der Waals surface area contributed by atoms with Crippen LogP contribution in [0.2, 0.25) is 0 Å². The molecule has 0 saturated heterocycles. The van der Waals surface area contributed by atoms with Crippen LogP contribution in [0.15, 0.2) is 30.3 Å². The fraction of sp³-hybridized carbons (Fsp3) is 0.250. The van der Waals surface area contributed by atoms with Crippen LogP contribution in [0.3, 0.4) is 0 Å². The van der Waals surface area contributed by atoms with Gasteiger partial charge < -0.3 is 14.6 Å². The van der Waals surface area contributed by atoms with E-state index in [0.29, 0.717) is 23.5 Å². The molecule has 21 heavy (non-hydrogen) atoms. The standard InChI is InChI=1S/C16H15NO4/c1-20-16-10(9-18)5-8-15(17-16)21-14-7-6-11-12(14)3-2-4-13(11)19/h2-5,8-9,14,19H,6-7H2,1H3/t14-/m0/s1. The van der Waals surface area contributed by atoms with E-state index in [-0.39, 0.29) is 12.0 Å². The second-order valence-electron chi connectivity index (χ2n) is 4.86. The summed E-state index contributed by atoms with van der Waals surface area (Å²) < 4.78 is 10.9. The second kappa shape index (κ2) is 5.44. The average molecular weight is 285 g/mol. The molecule has 0 unspecified atom stereocenters. The first-order valence-corrected chi connectivity index (χ1v) is 6.70. The van der Waals surface area contributed by atoms with Gasteiger partial charge in [-0.05, 0) is 30.5 Å². The number of benzene rings is 1. The summed E-state index contributed by atoms with van der Waals surface area (Å²) >= 11 is 0. The Bertz CT molecular complexity index is 684. The topological polar surface area (TPSA) is 68.7 Å². The quantitative estimate of drug-likeness (QED) is 0.875. The first-order valence-electron chi connectivity index (χ1n) is 6.70. The van der Waals surface area contributed by atoms with Gasteiger partial charge in [-0.15, -0.1) is 0 Å². The Morgan fingerprint density at radius 2 is 2.19 bits per heavy atom. The number of nitrogens with zero attached hydrogens (tertiary/aromatic N) is 1. The predicted octanol–water partition coefficient (Wildman–Crippen LogP) is 2.67. The number of phenols is 1. The molecule has 5 heteroatoms. The average Bonchev–Trinajstić information content (AvgIpc) is 2.92. The number of aldehydes is 1. The maximum atomic E-state index is 10.9. The van der Waals surface area contributed by atoms with Crippen LogP contribution in [0, 0.1) is 0 Å². The molecule has 0 fully saturated rings. The Balaban J connectivity index is 1.86. The lowest BCUT2D eigenvalue weighted by atomic mass is 10.1. The molecule has 0 saturated carbocycles. The lowest BCUT2D eigenvalue weighted by Crippen LogP contribution is -2.06. The molecular weight excluding hydrogens is 270 g/mol. The summed E-state index contributed by atoms with van der Waals surface area (Å²) in [4.78, 5) is 15.0. The molecule has 1 aliphatic rings. The van der Waals surface area contributed by atoms with E-state index in [1.165, 1.54) is 7.11 Å². The van der Waals surface area contributed by atoms with Crippen LogP contribution in [-0.2, 0) is 6.42 Å². The molecule has 0 spiro atoms.